The van der Waals surface area contributed by atoms with Crippen molar-refractivity contribution in [2.45, 2.75) is 72.2 Å². The molecule has 2 aromatic carbocycles. The summed E-state index contributed by atoms with van der Waals surface area (Å²) in [5.74, 6) is -8.12. The number of esters is 7. The van der Waals surface area contributed by atoms with Gasteiger partial charge in [-0.05, 0) is 24.3 Å². The Kier molecular flexibility index (Phi) is 12.0. The minimum Gasteiger partial charge on any atom is -0.467 e. The summed E-state index contributed by atoms with van der Waals surface area (Å²) in [6, 6.07) is 7.98. The standard InChI is InChI=1S/C34H32O18/c1-14(35)44-21-10-8-20(9-11-21)23-12-22(41)26-24(50-23)13-25(27(45-15(2)36)28(26)46-16(3)37)51-34-32(49-19(6)40)30(48-18(5)39)29(47-17(4)38)31(52-34)33(42)43-7/h8-13,29-32,34H,1-7H3/t29-,30-,31-,32+,34+/m0/s1. The average molecular weight is 729 g/mol. The fourth-order valence-corrected chi connectivity index (χ4v) is 5.11. The van der Waals surface area contributed by atoms with E-state index in [-0.39, 0.29) is 22.5 Å². The lowest BCUT2D eigenvalue weighted by molar-refractivity contribution is -0.282. The van der Waals surface area contributed by atoms with Crippen molar-refractivity contribution in [1.29, 1.82) is 0 Å². The van der Waals surface area contributed by atoms with Gasteiger partial charge in [-0.2, -0.15) is 0 Å². The van der Waals surface area contributed by atoms with Crippen molar-refractivity contribution >= 4 is 52.8 Å². The molecule has 52 heavy (non-hydrogen) atoms. The Bertz CT molecular complexity index is 1980. The van der Waals surface area contributed by atoms with E-state index in [4.69, 9.17) is 47.0 Å². The molecule has 18 nitrogen and oxygen atoms in total. The van der Waals surface area contributed by atoms with E-state index in [9.17, 15) is 38.4 Å². The zero-order valence-electron chi connectivity index (χ0n) is 28.7. The normalized spacial score (nSPS) is 19.4. The predicted octanol–water partition coefficient (Wildman–Crippen LogP) is 2.31. The van der Waals surface area contributed by atoms with Gasteiger partial charge in [0.05, 0.1) is 7.11 Å². The van der Waals surface area contributed by atoms with Crippen LogP contribution >= 0.6 is 0 Å². The molecule has 2 heterocycles. The highest BCUT2D eigenvalue weighted by Crippen LogP contribution is 2.45. The molecule has 1 fully saturated rings. The molecule has 0 unspecified atom stereocenters. The molecule has 0 spiro atoms. The molecule has 0 radical (unpaired) electrons. The summed E-state index contributed by atoms with van der Waals surface area (Å²) in [6.07, 6.45) is -9.09. The van der Waals surface area contributed by atoms with E-state index in [1.165, 1.54) is 31.2 Å². The number of methoxy groups -OCH3 is 1. The zero-order valence-corrected chi connectivity index (χ0v) is 28.7. The maximum absolute atomic E-state index is 13.6. The molecule has 0 bridgehead atoms. The van der Waals surface area contributed by atoms with Gasteiger partial charge in [0.25, 0.3) is 0 Å². The highest BCUT2D eigenvalue weighted by molar-refractivity contribution is 5.93. The van der Waals surface area contributed by atoms with Crippen molar-refractivity contribution in [1.82, 2.24) is 0 Å². The average Bonchev–Trinajstić information content (AvgIpc) is 3.03. The third-order valence-electron chi connectivity index (χ3n) is 6.86. The SMILES string of the molecule is COC(=O)[C@H]1O[C@@H](Oc2cc3oc(-c4ccc(OC(C)=O)cc4)cc(=O)c3c(OC(C)=O)c2OC(C)=O)[C@H](OC(C)=O)[C@@H](OC(C)=O)[C@@H]1OC(C)=O. The smallest absolute Gasteiger partial charge is 0.339 e. The summed E-state index contributed by atoms with van der Waals surface area (Å²) < 4.78 is 54.4. The van der Waals surface area contributed by atoms with E-state index < -0.39 is 95.2 Å². The first-order valence-corrected chi connectivity index (χ1v) is 15.2. The number of ether oxygens (including phenoxy) is 9. The van der Waals surface area contributed by atoms with Gasteiger partial charge in [-0.3, -0.25) is 33.6 Å². The summed E-state index contributed by atoms with van der Waals surface area (Å²) in [6.45, 7) is 6.18. The molecule has 276 valence electrons. The van der Waals surface area contributed by atoms with E-state index in [0.717, 1.165) is 53.9 Å². The molecule has 1 aromatic heterocycles. The van der Waals surface area contributed by atoms with Crippen molar-refractivity contribution in [3.63, 3.8) is 0 Å². The molecular formula is C34H32O18. The lowest BCUT2D eigenvalue weighted by Gasteiger charge is -2.43. The van der Waals surface area contributed by atoms with E-state index in [2.05, 4.69) is 0 Å². The molecular weight excluding hydrogens is 696 g/mol. The maximum Gasteiger partial charge on any atom is 0.339 e. The highest BCUT2D eigenvalue weighted by Gasteiger charge is 2.56. The van der Waals surface area contributed by atoms with Crippen LogP contribution in [0.1, 0.15) is 41.5 Å². The van der Waals surface area contributed by atoms with E-state index in [1.54, 1.807) is 0 Å². The van der Waals surface area contributed by atoms with Crippen LogP contribution in [-0.2, 0) is 57.2 Å². The summed E-state index contributed by atoms with van der Waals surface area (Å²) in [5, 5.41) is -0.375. The molecule has 1 saturated heterocycles. The first kappa shape index (κ1) is 38.5. The van der Waals surface area contributed by atoms with Crippen molar-refractivity contribution < 1.29 is 80.6 Å². The fourth-order valence-electron chi connectivity index (χ4n) is 5.11. The van der Waals surface area contributed by atoms with E-state index in [1.807, 2.05) is 0 Å². The van der Waals surface area contributed by atoms with Crippen LogP contribution in [0.25, 0.3) is 22.3 Å². The van der Waals surface area contributed by atoms with Crippen LogP contribution in [0.15, 0.2) is 45.6 Å². The van der Waals surface area contributed by atoms with Crippen molar-refractivity contribution in [3.05, 3.63) is 46.6 Å². The van der Waals surface area contributed by atoms with Crippen molar-refractivity contribution in [3.8, 4) is 34.3 Å². The quantitative estimate of drug-likeness (QED) is 0.165. The van der Waals surface area contributed by atoms with Gasteiger partial charge in [-0.25, -0.2) is 4.79 Å². The number of carbonyl (C=O) groups is 7. The number of carbonyl (C=O) groups excluding carboxylic acids is 7. The zero-order chi connectivity index (χ0) is 38.4. The van der Waals surface area contributed by atoms with Gasteiger partial charge in [-0.15, -0.1) is 0 Å². The molecule has 1 aliphatic rings. The Labute approximate surface area is 293 Å². The van der Waals surface area contributed by atoms with Crippen molar-refractivity contribution in [2.24, 2.45) is 0 Å². The Balaban J connectivity index is 1.97. The monoisotopic (exact) mass is 728 g/mol. The molecule has 1 aliphatic heterocycles. The molecule has 5 atom stereocenters. The number of hydrogen-bond acceptors (Lipinski definition) is 18. The number of hydrogen-bond donors (Lipinski definition) is 0. The number of rotatable bonds is 10. The molecule has 3 aromatic rings. The predicted molar refractivity (Wildman–Crippen MR) is 170 cm³/mol. The van der Waals surface area contributed by atoms with Gasteiger partial charge in [0.2, 0.25) is 18.1 Å². The van der Waals surface area contributed by atoms with Gasteiger partial charge < -0.3 is 47.0 Å². The Hall–Kier alpha value is -6.30. The van der Waals surface area contributed by atoms with Crippen LogP contribution in [0.2, 0.25) is 0 Å². The summed E-state index contributed by atoms with van der Waals surface area (Å²) in [7, 11) is 0.988. The minimum absolute atomic E-state index is 0.0246. The number of fused-ring (bicyclic) bond motifs is 1. The summed E-state index contributed by atoms with van der Waals surface area (Å²) >= 11 is 0. The van der Waals surface area contributed by atoms with Crippen LogP contribution < -0.4 is 24.4 Å². The first-order chi connectivity index (χ1) is 24.5. The molecule has 18 heteroatoms. The molecule has 4 rings (SSSR count). The van der Waals surface area contributed by atoms with Crippen molar-refractivity contribution in [2.75, 3.05) is 7.11 Å². The van der Waals surface area contributed by atoms with Crippen LogP contribution in [0.3, 0.4) is 0 Å². The van der Waals surface area contributed by atoms with E-state index in [0.29, 0.717) is 5.56 Å². The third kappa shape index (κ3) is 9.08. The van der Waals surface area contributed by atoms with E-state index >= 15 is 0 Å². The van der Waals surface area contributed by atoms with Crippen LogP contribution in [-0.4, -0.2) is 79.6 Å². The first-order valence-electron chi connectivity index (χ1n) is 15.2. The third-order valence-corrected chi connectivity index (χ3v) is 6.86. The molecule has 0 amide bonds. The second-order valence-electron chi connectivity index (χ2n) is 11.0. The van der Waals surface area contributed by atoms with Gasteiger partial charge in [0.1, 0.15) is 22.5 Å². The Morgan fingerprint density at radius 2 is 1.17 bits per heavy atom. The van der Waals surface area contributed by atoms with Gasteiger partial charge in [-0.1, -0.05) is 0 Å². The Morgan fingerprint density at radius 1 is 0.635 bits per heavy atom. The highest BCUT2D eigenvalue weighted by atomic mass is 16.7. The van der Waals surface area contributed by atoms with Gasteiger partial charge in [0.15, 0.2) is 35.2 Å². The lowest BCUT2D eigenvalue weighted by Crippen LogP contribution is -2.64. The van der Waals surface area contributed by atoms with Gasteiger partial charge in [0, 0.05) is 59.2 Å². The fraction of sp³-hybridized carbons (Fsp3) is 0.353. The summed E-state index contributed by atoms with van der Waals surface area (Å²) in [4.78, 5) is 99.1. The van der Waals surface area contributed by atoms with Crippen LogP contribution in [0, 0.1) is 0 Å². The van der Waals surface area contributed by atoms with Gasteiger partial charge >= 0.3 is 41.8 Å². The Morgan fingerprint density at radius 3 is 1.71 bits per heavy atom. The molecule has 0 N–H and O–H groups in total. The summed E-state index contributed by atoms with van der Waals surface area (Å²) in [5.41, 5.74) is -0.733. The topological polar surface area (TPSA) is 233 Å². The minimum atomic E-state index is -1.95. The van der Waals surface area contributed by atoms with Crippen LogP contribution in [0.5, 0.6) is 23.0 Å². The second kappa shape index (κ2) is 16.2. The molecule has 0 aliphatic carbocycles. The van der Waals surface area contributed by atoms with Crippen LogP contribution in [0.4, 0.5) is 0 Å². The second-order valence-corrected chi connectivity index (χ2v) is 11.0. The molecule has 0 saturated carbocycles. The maximum atomic E-state index is 13.6. The lowest BCUT2D eigenvalue weighted by atomic mass is 9.97. The number of benzene rings is 2. The largest absolute Gasteiger partial charge is 0.467 e.